The van der Waals surface area contributed by atoms with Crippen molar-refractivity contribution in [3.05, 3.63) is 58.4 Å². The van der Waals surface area contributed by atoms with Gasteiger partial charge in [0.05, 0.1) is 12.8 Å². The highest BCUT2D eigenvalue weighted by molar-refractivity contribution is 6.29. The summed E-state index contributed by atoms with van der Waals surface area (Å²) in [4.78, 5) is 12.4. The molecule has 0 saturated heterocycles. The lowest BCUT2D eigenvalue weighted by Crippen LogP contribution is -2.25. The normalized spacial score (nSPS) is 16.1. The first kappa shape index (κ1) is 16.5. The van der Waals surface area contributed by atoms with Gasteiger partial charge in [-0.15, -0.1) is 10.2 Å². The van der Waals surface area contributed by atoms with Crippen molar-refractivity contribution in [2.24, 2.45) is 0 Å². The van der Waals surface area contributed by atoms with E-state index < -0.39 is 0 Å². The van der Waals surface area contributed by atoms with Gasteiger partial charge in [0.15, 0.2) is 11.0 Å². The molecule has 0 saturated carbocycles. The van der Waals surface area contributed by atoms with E-state index in [0.29, 0.717) is 23.2 Å². The minimum absolute atomic E-state index is 0.0756. The van der Waals surface area contributed by atoms with Crippen LogP contribution in [-0.2, 0) is 4.79 Å². The van der Waals surface area contributed by atoms with Crippen LogP contribution in [0.2, 0.25) is 5.15 Å². The van der Waals surface area contributed by atoms with Crippen molar-refractivity contribution in [3.8, 4) is 11.6 Å². The van der Waals surface area contributed by atoms with Gasteiger partial charge in [0.2, 0.25) is 5.91 Å². The Morgan fingerprint density at radius 3 is 2.85 bits per heavy atom. The molecular formula is C18H16ClN5O2. The minimum Gasteiger partial charge on any atom is -0.497 e. The number of hydrogen-bond acceptors (Lipinski definition) is 5. The van der Waals surface area contributed by atoms with Crippen LogP contribution in [0.5, 0.6) is 5.75 Å². The molecule has 1 aromatic carbocycles. The number of carbonyl (C=O) groups excluding carboxylic acids is 1. The molecule has 7 nitrogen and oxygen atoms in total. The highest BCUT2D eigenvalue weighted by Crippen LogP contribution is 2.40. The third kappa shape index (κ3) is 2.80. The molecule has 0 radical (unpaired) electrons. The van der Waals surface area contributed by atoms with Gasteiger partial charge in [0, 0.05) is 17.9 Å². The Bertz CT molecular complexity index is 984. The maximum atomic E-state index is 12.4. The fourth-order valence-corrected chi connectivity index (χ4v) is 3.38. The molecule has 4 rings (SSSR count). The summed E-state index contributed by atoms with van der Waals surface area (Å²) in [6.07, 6.45) is 0.346. The molecule has 1 N–H and O–H groups in total. The van der Waals surface area contributed by atoms with E-state index in [0.717, 1.165) is 22.6 Å². The number of carbonyl (C=O) groups is 1. The first-order valence-electron chi connectivity index (χ1n) is 8.09. The van der Waals surface area contributed by atoms with Crippen LogP contribution in [0.3, 0.4) is 0 Å². The Morgan fingerprint density at radius 1 is 1.27 bits per heavy atom. The molecular weight excluding hydrogens is 354 g/mol. The zero-order chi connectivity index (χ0) is 18.3. The zero-order valence-corrected chi connectivity index (χ0v) is 15.0. The quantitative estimate of drug-likeness (QED) is 0.767. The van der Waals surface area contributed by atoms with Crippen LogP contribution in [0, 0.1) is 6.92 Å². The highest BCUT2D eigenvalue weighted by atomic mass is 35.5. The summed E-state index contributed by atoms with van der Waals surface area (Å²) in [5.74, 6) is 1.67. The molecule has 1 unspecified atom stereocenters. The SMILES string of the molecule is COc1cccc(C2CC(=O)Nc3c2c(C)nn3-c2ccc(Cl)nn2)c1. The van der Waals surface area contributed by atoms with Crippen molar-refractivity contribution in [2.45, 2.75) is 19.3 Å². The molecule has 1 atom stereocenters. The van der Waals surface area contributed by atoms with Gasteiger partial charge in [-0.05, 0) is 36.8 Å². The van der Waals surface area contributed by atoms with Crippen molar-refractivity contribution < 1.29 is 9.53 Å². The summed E-state index contributed by atoms with van der Waals surface area (Å²) in [5.41, 5.74) is 2.80. The van der Waals surface area contributed by atoms with Crippen LogP contribution in [0.1, 0.15) is 29.2 Å². The lowest BCUT2D eigenvalue weighted by Gasteiger charge is -2.24. The molecule has 132 valence electrons. The first-order valence-corrected chi connectivity index (χ1v) is 8.47. The van der Waals surface area contributed by atoms with E-state index in [1.165, 1.54) is 0 Å². The molecule has 3 aromatic rings. The Morgan fingerprint density at radius 2 is 2.12 bits per heavy atom. The fraction of sp³-hybridized carbons (Fsp3) is 0.222. The Balaban J connectivity index is 1.85. The summed E-state index contributed by atoms with van der Waals surface area (Å²) in [7, 11) is 1.63. The molecule has 2 aromatic heterocycles. The maximum absolute atomic E-state index is 12.4. The summed E-state index contributed by atoms with van der Waals surface area (Å²) in [6.45, 7) is 1.92. The number of methoxy groups -OCH3 is 1. The van der Waals surface area contributed by atoms with Crippen molar-refractivity contribution in [1.29, 1.82) is 0 Å². The number of ether oxygens (including phenoxy) is 1. The van der Waals surface area contributed by atoms with Gasteiger partial charge in [-0.3, -0.25) is 4.79 Å². The van der Waals surface area contributed by atoms with Gasteiger partial charge in [0.1, 0.15) is 11.6 Å². The summed E-state index contributed by atoms with van der Waals surface area (Å²) in [5, 5.41) is 15.7. The number of fused-ring (bicyclic) bond motifs is 1. The average molecular weight is 370 g/mol. The Hall–Kier alpha value is -2.93. The van der Waals surface area contributed by atoms with E-state index in [1.807, 2.05) is 31.2 Å². The van der Waals surface area contributed by atoms with Crippen LogP contribution in [-0.4, -0.2) is 33.0 Å². The summed E-state index contributed by atoms with van der Waals surface area (Å²) < 4.78 is 6.92. The standard InChI is InChI=1S/C18H16ClN5O2/c1-10-17-13(11-4-3-5-12(8-11)26-2)9-16(25)20-18(17)24(23-10)15-7-6-14(19)21-22-15/h3-8,13H,9H2,1-2H3,(H,20,25). The van der Waals surface area contributed by atoms with Crippen LogP contribution in [0.25, 0.3) is 5.82 Å². The predicted molar refractivity (Wildman–Crippen MR) is 97.0 cm³/mol. The van der Waals surface area contributed by atoms with Gasteiger partial charge in [-0.25, -0.2) is 0 Å². The predicted octanol–water partition coefficient (Wildman–Crippen LogP) is 3.11. The molecule has 26 heavy (non-hydrogen) atoms. The number of halogens is 1. The molecule has 0 aliphatic carbocycles. The lowest BCUT2D eigenvalue weighted by molar-refractivity contribution is -0.116. The van der Waals surface area contributed by atoms with Gasteiger partial charge in [0.25, 0.3) is 0 Å². The smallest absolute Gasteiger partial charge is 0.226 e. The molecule has 1 amide bonds. The van der Waals surface area contributed by atoms with Gasteiger partial charge < -0.3 is 10.1 Å². The molecule has 1 aliphatic rings. The highest BCUT2D eigenvalue weighted by Gasteiger charge is 2.33. The fourth-order valence-electron chi connectivity index (χ4n) is 3.28. The number of amides is 1. The maximum Gasteiger partial charge on any atom is 0.226 e. The number of nitrogens with zero attached hydrogens (tertiary/aromatic N) is 4. The molecule has 8 heteroatoms. The molecule has 0 bridgehead atoms. The number of hydrogen-bond donors (Lipinski definition) is 1. The number of benzene rings is 1. The van der Waals surface area contributed by atoms with E-state index in [1.54, 1.807) is 23.9 Å². The van der Waals surface area contributed by atoms with E-state index in [4.69, 9.17) is 16.3 Å². The minimum atomic E-state index is -0.108. The Labute approximate surface area is 155 Å². The second-order valence-corrected chi connectivity index (χ2v) is 6.44. The topological polar surface area (TPSA) is 81.9 Å². The van der Waals surface area contributed by atoms with Crippen molar-refractivity contribution in [2.75, 3.05) is 12.4 Å². The zero-order valence-electron chi connectivity index (χ0n) is 14.2. The van der Waals surface area contributed by atoms with Crippen LogP contribution in [0.15, 0.2) is 36.4 Å². The summed E-state index contributed by atoms with van der Waals surface area (Å²) >= 11 is 5.82. The third-order valence-electron chi connectivity index (χ3n) is 4.43. The molecule has 0 spiro atoms. The second kappa shape index (κ2) is 6.42. The lowest BCUT2D eigenvalue weighted by atomic mass is 9.86. The monoisotopic (exact) mass is 369 g/mol. The number of nitrogens with one attached hydrogen (secondary N) is 1. The average Bonchev–Trinajstić information content (AvgIpc) is 2.98. The van der Waals surface area contributed by atoms with Crippen molar-refractivity contribution >= 4 is 23.3 Å². The van der Waals surface area contributed by atoms with Crippen LogP contribution in [0.4, 0.5) is 5.82 Å². The molecule has 3 heterocycles. The van der Waals surface area contributed by atoms with Gasteiger partial charge >= 0.3 is 0 Å². The summed E-state index contributed by atoms with van der Waals surface area (Å²) in [6, 6.07) is 11.1. The molecule has 0 fully saturated rings. The number of rotatable bonds is 3. The second-order valence-electron chi connectivity index (χ2n) is 6.06. The van der Waals surface area contributed by atoms with E-state index in [-0.39, 0.29) is 11.8 Å². The van der Waals surface area contributed by atoms with Crippen molar-refractivity contribution in [3.63, 3.8) is 0 Å². The number of aromatic nitrogens is 4. The number of aryl methyl sites for hydroxylation is 1. The van der Waals surface area contributed by atoms with E-state index in [9.17, 15) is 4.79 Å². The number of anilines is 1. The molecule has 1 aliphatic heterocycles. The van der Waals surface area contributed by atoms with Gasteiger partial charge in [-0.1, -0.05) is 23.7 Å². The van der Waals surface area contributed by atoms with Crippen LogP contribution >= 0.6 is 11.6 Å². The largest absolute Gasteiger partial charge is 0.497 e. The van der Waals surface area contributed by atoms with E-state index >= 15 is 0 Å². The van der Waals surface area contributed by atoms with Crippen LogP contribution < -0.4 is 10.1 Å². The van der Waals surface area contributed by atoms with Crippen molar-refractivity contribution in [1.82, 2.24) is 20.0 Å². The Kier molecular flexibility index (Phi) is 4.08. The van der Waals surface area contributed by atoms with E-state index in [2.05, 4.69) is 20.6 Å². The first-order chi connectivity index (χ1) is 12.6. The third-order valence-corrected chi connectivity index (χ3v) is 4.64. The van der Waals surface area contributed by atoms with Gasteiger partial charge in [-0.2, -0.15) is 9.78 Å².